The molecule has 0 aliphatic carbocycles. The van der Waals surface area contributed by atoms with Gasteiger partial charge in [-0.25, -0.2) is 0 Å². The predicted octanol–water partition coefficient (Wildman–Crippen LogP) is 6.54. The van der Waals surface area contributed by atoms with Gasteiger partial charge in [0.2, 0.25) is 5.82 Å². The topological polar surface area (TPSA) is 61.3 Å². The number of rotatable bonds is 5. The maximum atomic E-state index is 6.11. The van der Waals surface area contributed by atoms with Crippen molar-refractivity contribution in [3.63, 3.8) is 0 Å². The summed E-state index contributed by atoms with van der Waals surface area (Å²) in [5, 5.41) is 5.05. The highest BCUT2D eigenvalue weighted by Crippen LogP contribution is 2.36. The maximum Gasteiger partial charge on any atom is 0.293 e. The first-order valence-electron chi connectivity index (χ1n) is 7.86. The molecular formula is C19H11Cl3N2O3. The van der Waals surface area contributed by atoms with Crippen LogP contribution in [0.2, 0.25) is 15.1 Å². The summed E-state index contributed by atoms with van der Waals surface area (Å²) in [5.74, 6) is 2.09. The van der Waals surface area contributed by atoms with Crippen molar-refractivity contribution < 1.29 is 13.7 Å². The van der Waals surface area contributed by atoms with E-state index < -0.39 is 0 Å². The minimum atomic E-state index is 0.126. The summed E-state index contributed by atoms with van der Waals surface area (Å²) in [6.07, 6.45) is 0. The van der Waals surface area contributed by atoms with Gasteiger partial charge >= 0.3 is 0 Å². The van der Waals surface area contributed by atoms with Gasteiger partial charge in [0.15, 0.2) is 11.5 Å². The number of hydrogen-bond acceptors (Lipinski definition) is 5. The first kappa shape index (κ1) is 17.9. The maximum absolute atomic E-state index is 6.11. The summed E-state index contributed by atoms with van der Waals surface area (Å²) >= 11 is 18.1. The van der Waals surface area contributed by atoms with Crippen molar-refractivity contribution in [3.05, 3.63) is 75.4 Å². The van der Waals surface area contributed by atoms with Crippen LogP contribution in [0.1, 0.15) is 5.76 Å². The fourth-order valence-corrected chi connectivity index (χ4v) is 3.33. The Morgan fingerprint density at radius 2 is 1.67 bits per heavy atom. The van der Waals surface area contributed by atoms with Crippen LogP contribution in [0.25, 0.3) is 23.0 Å². The SMILES string of the molecule is Clc1cc(Cl)c(OCc2ccc(-c3nc(-c4ccccc4)no3)o2)c(Cl)c1. The van der Waals surface area contributed by atoms with E-state index in [0.29, 0.717) is 38.2 Å². The zero-order valence-corrected chi connectivity index (χ0v) is 15.9. The average Bonchev–Trinajstić information content (AvgIpc) is 3.31. The van der Waals surface area contributed by atoms with Gasteiger partial charge in [-0.3, -0.25) is 0 Å². The molecule has 0 unspecified atom stereocenters. The van der Waals surface area contributed by atoms with Crippen molar-refractivity contribution >= 4 is 34.8 Å². The van der Waals surface area contributed by atoms with Crippen molar-refractivity contribution in [2.24, 2.45) is 0 Å². The van der Waals surface area contributed by atoms with Gasteiger partial charge in [0.25, 0.3) is 5.89 Å². The minimum Gasteiger partial charge on any atom is -0.483 e. The van der Waals surface area contributed by atoms with Crippen LogP contribution in [-0.2, 0) is 6.61 Å². The predicted molar refractivity (Wildman–Crippen MR) is 103 cm³/mol. The van der Waals surface area contributed by atoms with E-state index in [4.69, 9.17) is 48.5 Å². The Hall–Kier alpha value is -2.47. The van der Waals surface area contributed by atoms with Crippen LogP contribution in [0.15, 0.2) is 63.5 Å². The molecule has 0 saturated heterocycles. The molecule has 0 aliphatic heterocycles. The van der Waals surface area contributed by atoms with Gasteiger partial charge in [0, 0.05) is 10.6 Å². The van der Waals surface area contributed by atoms with Gasteiger partial charge in [-0.05, 0) is 24.3 Å². The number of halogens is 3. The van der Waals surface area contributed by atoms with E-state index in [9.17, 15) is 0 Å². The summed E-state index contributed by atoms with van der Waals surface area (Å²) in [4.78, 5) is 4.35. The van der Waals surface area contributed by atoms with E-state index in [1.807, 2.05) is 30.3 Å². The Morgan fingerprint density at radius 3 is 2.41 bits per heavy atom. The first-order chi connectivity index (χ1) is 13.1. The second kappa shape index (κ2) is 7.64. The molecule has 2 aromatic heterocycles. The largest absolute Gasteiger partial charge is 0.483 e. The van der Waals surface area contributed by atoms with Crippen molar-refractivity contribution in [1.82, 2.24) is 10.1 Å². The minimum absolute atomic E-state index is 0.126. The summed E-state index contributed by atoms with van der Waals surface area (Å²) < 4.78 is 16.6. The molecule has 0 radical (unpaired) electrons. The molecular weight excluding hydrogens is 411 g/mol. The third kappa shape index (κ3) is 3.95. The van der Waals surface area contributed by atoms with Gasteiger partial charge in [0.05, 0.1) is 10.0 Å². The van der Waals surface area contributed by atoms with Gasteiger partial charge in [-0.1, -0.05) is 70.3 Å². The van der Waals surface area contributed by atoms with Crippen molar-refractivity contribution in [2.45, 2.75) is 6.61 Å². The second-order valence-corrected chi connectivity index (χ2v) is 6.79. The molecule has 8 heteroatoms. The van der Waals surface area contributed by atoms with Crippen LogP contribution in [-0.4, -0.2) is 10.1 Å². The highest BCUT2D eigenvalue weighted by atomic mass is 35.5. The molecule has 0 saturated carbocycles. The average molecular weight is 422 g/mol. The number of furan rings is 1. The quantitative estimate of drug-likeness (QED) is 0.366. The Bertz CT molecular complexity index is 1050. The number of benzene rings is 2. The molecule has 27 heavy (non-hydrogen) atoms. The fourth-order valence-electron chi connectivity index (χ4n) is 2.41. The van der Waals surface area contributed by atoms with Crippen LogP contribution >= 0.6 is 34.8 Å². The number of aromatic nitrogens is 2. The van der Waals surface area contributed by atoms with Crippen LogP contribution < -0.4 is 4.74 Å². The summed E-state index contributed by atoms with van der Waals surface area (Å²) in [6.45, 7) is 0.126. The van der Waals surface area contributed by atoms with E-state index in [1.54, 1.807) is 24.3 Å². The Labute approximate surface area is 169 Å². The van der Waals surface area contributed by atoms with E-state index in [2.05, 4.69) is 10.1 Å². The Balaban J connectivity index is 1.49. The monoisotopic (exact) mass is 420 g/mol. The van der Waals surface area contributed by atoms with Gasteiger partial charge in [-0.2, -0.15) is 4.98 Å². The first-order valence-corrected chi connectivity index (χ1v) is 8.99. The third-order valence-corrected chi connectivity index (χ3v) is 4.43. The normalized spacial score (nSPS) is 10.9. The Morgan fingerprint density at radius 1 is 0.926 bits per heavy atom. The highest BCUT2D eigenvalue weighted by Gasteiger charge is 2.15. The molecule has 0 fully saturated rings. The van der Waals surface area contributed by atoms with E-state index in [0.717, 1.165) is 5.56 Å². The lowest BCUT2D eigenvalue weighted by Crippen LogP contribution is -1.95. The Kier molecular flexibility index (Phi) is 5.07. The van der Waals surface area contributed by atoms with Gasteiger partial charge in [-0.15, -0.1) is 0 Å². The fraction of sp³-hybridized carbons (Fsp3) is 0.0526. The molecule has 0 bridgehead atoms. The smallest absolute Gasteiger partial charge is 0.293 e. The lowest BCUT2D eigenvalue weighted by molar-refractivity contribution is 0.270. The highest BCUT2D eigenvalue weighted by molar-refractivity contribution is 6.40. The van der Waals surface area contributed by atoms with Crippen molar-refractivity contribution in [2.75, 3.05) is 0 Å². The molecule has 2 heterocycles. The van der Waals surface area contributed by atoms with Crippen LogP contribution in [0.3, 0.4) is 0 Å². The molecule has 0 N–H and O–H groups in total. The zero-order chi connectivity index (χ0) is 18.8. The lowest BCUT2D eigenvalue weighted by Gasteiger charge is -2.08. The standard InChI is InChI=1S/C19H11Cl3N2O3/c20-12-8-14(21)17(15(22)9-12)25-10-13-6-7-16(26-13)19-23-18(24-27-19)11-4-2-1-3-5-11/h1-9H,10H2. The summed E-state index contributed by atoms with van der Waals surface area (Å²) in [6, 6.07) is 16.1. The molecule has 136 valence electrons. The molecule has 2 aromatic carbocycles. The molecule has 0 spiro atoms. The van der Waals surface area contributed by atoms with Crippen LogP contribution in [0.4, 0.5) is 0 Å². The van der Waals surface area contributed by atoms with Crippen molar-refractivity contribution in [3.8, 4) is 28.8 Å². The molecule has 4 rings (SSSR count). The van der Waals surface area contributed by atoms with Gasteiger partial charge < -0.3 is 13.7 Å². The second-order valence-electron chi connectivity index (χ2n) is 5.54. The molecule has 0 atom stereocenters. The number of hydrogen-bond donors (Lipinski definition) is 0. The molecule has 5 nitrogen and oxygen atoms in total. The lowest BCUT2D eigenvalue weighted by atomic mass is 10.2. The van der Waals surface area contributed by atoms with Crippen LogP contribution in [0.5, 0.6) is 5.75 Å². The number of nitrogens with zero attached hydrogens (tertiary/aromatic N) is 2. The van der Waals surface area contributed by atoms with Crippen molar-refractivity contribution in [1.29, 1.82) is 0 Å². The molecule has 0 aliphatic rings. The van der Waals surface area contributed by atoms with Gasteiger partial charge in [0.1, 0.15) is 12.4 Å². The zero-order valence-electron chi connectivity index (χ0n) is 13.7. The van der Waals surface area contributed by atoms with E-state index in [1.165, 1.54) is 0 Å². The third-order valence-electron chi connectivity index (χ3n) is 3.65. The van der Waals surface area contributed by atoms with Crippen LogP contribution in [0, 0.1) is 0 Å². The summed E-state index contributed by atoms with van der Waals surface area (Å²) in [5.41, 5.74) is 0.856. The molecule has 4 aromatic rings. The van der Waals surface area contributed by atoms with E-state index in [-0.39, 0.29) is 12.5 Å². The number of ether oxygens (including phenoxy) is 1. The molecule has 0 amide bonds. The van der Waals surface area contributed by atoms with E-state index >= 15 is 0 Å². The summed E-state index contributed by atoms with van der Waals surface area (Å²) in [7, 11) is 0.